The Morgan fingerprint density at radius 3 is 2.88 bits per heavy atom. The molecule has 0 amide bonds. The quantitative estimate of drug-likeness (QED) is 0.803. The molecule has 2 aromatic rings. The molecule has 4 heteroatoms. The van der Waals surface area contributed by atoms with Gasteiger partial charge in [0.05, 0.1) is 5.69 Å². The zero-order chi connectivity index (χ0) is 11.1. The van der Waals surface area contributed by atoms with E-state index < -0.39 is 0 Å². The minimum absolute atomic E-state index is 0.773. The van der Waals surface area contributed by atoms with Crippen LogP contribution in [0, 0.1) is 0 Å². The molecule has 82 valence electrons. The lowest BCUT2D eigenvalue weighted by Crippen LogP contribution is -2.12. The van der Waals surface area contributed by atoms with Crippen molar-refractivity contribution in [1.29, 1.82) is 0 Å². The summed E-state index contributed by atoms with van der Waals surface area (Å²) in [5.74, 6) is 0. The molecule has 0 aliphatic heterocycles. The molecule has 0 fully saturated rings. The molecule has 1 N–H and O–H groups in total. The van der Waals surface area contributed by atoms with E-state index in [0.717, 1.165) is 18.8 Å². The molecule has 16 heavy (non-hydrogen) atoms. The van der Waals surface area contributed by atoms with Gasteiger partial charge in [-0.1, -0.05) is 47.0 Å². The van der Waals surface area contributed by atoms with E-state index in [1.54, 1.807) is 0 Å². The molecular weight excluding hydrogens is 218 g/mol. The highest BCUT2D eigenvalue weighted by atomic mass is 32.1. The largest absolute Gasteiger partial charge is 0.308 e. The summed E-state index contributed by atoms with van der Waals surface area (Å²) in [6, 6.07) is 10.3. The van der Waals surface area contributed by atoms with Gasteiger partial charge in [0.15, 0.2) is 0 Å². The van der Waals surface area contributed by atoms with Crippen molar-refractivity contribution >= 4 is 17.6 Å². The zero-order valence-electron chi connectivity index (χ0n) is 8.84. The summed E-state index contributed by atoms with van der Waals surface area (Å²) in [4.78, 5) is 0. The van der Waals surface area contributed by atoms with Crippen molar-refractivity contribution in [3.63, 3.8) is 0 Å². The monoisotopic (exact) mass is 231 g/mol. The summed E-state index contributed by atoms with van der Waals surface area (Å²) in [7, 11) is 0. The Labute approximate surface area is 99.0 Å². The van der Waals surface area contributed by atoms with Crippen molar-refractivity contribution in [2.45, 2.75) is 6.54 Å². The molecule has 0 aliphatic rings. The molecule has 0 aliphatic carbocycles. The van der Waals surface area contributed by atoms with Gasteiger partial charge in [0.25, 0.3) is 0 Å². The first-order valence-corrected chi connectivity index (χ1v) is 5.97. The molecule has 1 aromatic heterocycles. The van der Waals surface area contributed by atoms with Crippen LogP contribution < -0.4 is 5.32 Å². The number of hydrogen-bond acceptors (Lipinski definition) is 4. The molecule has 1 aromatic carbocycles. The lowest BCUT2D eigenvalue weighted by molar-refractivity contribution is 0.737. The number of rotatable bonds is 5. The van der Waals surface area contributed by atoms with Gasteiger partial charge in [0.1, 0.15) is 0 Å². The molecule has 0 atom stereocenters. The van der Waals surface area contributed by atoms with Crippen LogP contribution in [0.5, 0.6) is 0 Å². The molecule has 0 spiro atoms. The Balaban J connectivity index is 1.70. The summed E-state index contributed by atoms with van der Waals surface area (Å²) in [5, 5.41) is 9.18. The Morgan fingerprint density at radius 2 is 2.12 bits per heavy atom. The summed E-state index contributed by atoms with van der Waals surface area (Å²) in [5.41, 5.74) is 2.22. The molecule has 0 unspecified atom stereocenters. The van der Waals surface area contributed by atoms with Gasteiger partial charge in [-0.15, -0.1) is 5.10 Å². The normalized spacial score (nSPS) is 11.0. The third kappa shape index (κ3) is 3.56. The summed E-state index contributed by atoms with van der Waals surface area (Å²) in [6.07, 6.45) is 4.21. The maximum absolute atomic E-state index is 3.95. The van der Waals surface area contributed by atoms with Crippen LogP contribution in [-0.2, 0) is 6.54 Å². The highest BCUT2D eigenvalue weighted by Gasteiger charge is 1.92. The maximum Gasteiger partial charge on any atom is 0.0893 e. The van der Waals surface area contributed by atoms with Gasteiger partial charge < -0.3 is 5.32 Å². The first-order chi connectivity index (χ1) is 7.95. The van der Waals surface area contributed by atoms with Crippen LogP contribution >= 0.6 is 11.5 Å². The molecule has 0 saturated heterocycles. The van der Waals surface area contributed by atoms with E-state index in [-0.39, 0.29) is 0 Å². The van der Waals surface area contributed by atoms with Crippen LogP contribution in [0.2, 0.25) is 0 Å². The number of benzene rings is 1. The lowest BCUT2D eigenvalue weighted by Gasteiger charge is -1.96. The Kier molecular flexibility index (Phi) is 4.22. The van der Waals surface area contributed by atoms with Gasteiger partial charge in [-0.25, -0.2) is 0 Å². The predicted molar refractivity (Wildman–Crippen MR) is 67.1 cm³/mol. The van der Waals surface area contributed by atoms with Gasteiger partial charge in [0, 0.05) is 18.5 Å². The Morgan fingerprint density at radius 1 is 1.25 bits per heavy atom. The van der Waals surface area contributed by atoms with Gasteiger partial charge >= 0.3 is 0 Å². The number of nitrogens with zero attached hydrogens (tertiary/aromatic N) is 2. The van der Waals surface area contributed by atoms with E-state index in [2.05, 4.69) is 39.2 Å². The van der Waals surface area contributed by atoms with E-state index in [0.29, 0.717) is 0 Å². The molecule has 1 heterocycles. The van der Waals surface area contributed by atoms with E-state index in [1.807, 2.05) is 23.6 Å². The van der Waals surface area contributed by atoms with Gasteiger partial charge in [0.2, 0.25) is 0 Å². The minimum atomic E-state index is 0.773. The highest BCUT2D eigenvalue weighted by molar-refractivity contribution is 7.03. The average Bonchev–Trinajstić information content (AvgIpc) is 2.83. The number of aromatic nitrogens is 2. The molecule has 2 rings (SSSR count). The molecule has 0 saturated carbocycles. The van der Waals surface area contributed by atoms with Crippen LogP contribution in [0.3, 0.4) is 0 Å². The van der Waals surface area contributed by atoms with Crippen molar-refractivity contribution in [1.82, 2.24) is 14.9 Å². The predicted octanol–water partition coefficient (Wildman–Crippen LogP) is 2.34. The van der Waals surface area contributed by atoms with Gasteiger partial charge in [-0.2, -0.15) is 0 Å². The molecule has 3 nitrogen and oxygen atoms in total. The fourth-order valence-corrected chi connectivity index (χ4v) is 1.76. The standard InChI is InChI=1S/C12H13N3S/c1-2-5-11(6-3-1)7-4-8-13-9-12-10-16-15-14-12/h1-7,10,13H,8-9H2/b7-4+. The van der Waals surface area contributed by atoms with Crippen molar-refractivity contribution in [3.05, 3.63) is 53.0 Å². The molecule has 0 radical (unpaired) electrons. The lowest BCUT2D eigenvalue weighted by atomic mass is 10.2. The molecule has 0 bridgehead atoms. The number of nitrogens with one attached hydrogen (secondary N) is 1. The van der Waals surface area contributed by atoms with Gasteiger partial charge in [-0.05, 0) is 17.1 Å². The van der Waals surface area contributed by atoms with E-state index in [1.165, 1.54) is 17.1 Å². The van der Waals surface area contributed by atoms with Crippen molar-refractivity contribution < 1.29 is 0 Å². The summed E-state index contributed by atoms with van der Waals surface area (Å²) < 4.78 is 3.80. The highest BCUT2D eigenvalue weighted by Crippen LogP contribution is 2.00. The second kappa shape index (κ2) is 6.15. The fourth-order valence-electron chi connectivity index (χ4n) is 1.30. The minimum Gasteiger partial charge on any atom is -0.308 e. The summed E-state index contributed by atoms with van der Waals surface area (Å²) in [6.45, 7) is 1.61. The first-order valence-electron chi connectivity index (χ1n) is 5.13. The van der Waals surface area contributed by atoms with E-state index >= 15 is 0 Å². The number of hydrogen-bond donors (Lipinski definition) is 1. The second-order valence-electron chi connectivity index (χ2n) is 3.34. The van der Waals surface area contributed by atoms with Crippen LogP contribution in [0.4, 0.5) is 0 Å². The van der Waals surface area contributed by atoms with Crippen LogP contribution in [0.1, 0.15) is 11.3 Å². The maximum atomic E-state index is 3.95. The van der Waals surface area contributed by atoms with E-state index in [4.69, 9.17) is 0 Å². The molecular formula is C12H13N3S. The third-order valence-electron chi connectivity index (χ3n) is 2.08. The topological polar surface area (TPSA) is 37.8 Å². The van der Waals surface area contributed by atoms with Crippen LogP contribution in [0.15, 0.2) is 41.8 Å². The Hall–Kier alpha value is -1.52. The SMILES string of the molecule is C(=C\c1ccccc1)/CNCc1csnn1. The van der Waals surface area contributed by atoms with Crippen LogP contribution in [0.25, 0.3) is 6.08 Å². The van der Waals surface area contributed by atoms with Crippen molar-refractivity contribution in [2.24, 2.45) is 0 Å². The average molecular weight is 231 g/mol. The van der Waals surface area contributed by atoms with Crippen molar-refractivity contribution in [3.8, 4) is 0 Å². The first kappa shape index (κ1) is 11.0. The van der Waals surface area contributed by atoms with Crippen LogP contribution in [-0.4, -0.2) is 16.1 Å². The second-order valence-corrected chi connectivity index (χ2v) is 3.95. The Bertz CT molecular complexity index is 423. The smallest absolute Gasteiger partial charge is 0.0893 e. The third-order valence-corrected chi connectivity index (χ3v) is 2.64. The summed E-state index contributed by atoms with van der Waals surface area (Å²) >= 11 is 1.38. The fraction of sp³-hybridized carbons (Fsp3) is 0.167. The zero-order valence-corrected chi connectivity index (χ0v) is 9.65. The van der Waals surface area contributed by atoms with E-state index in [9.17, 15) is 0 Å². The van der Waals surface area contributed by atoms with Crippen molar-refractivity contribution in [2.75, 3.05) is 6.54 Å². The van der Waals surface area contributed by atoms with Gasteiger partial charge in [-0.3, -0.25) is 0 Å².